The van der Waals surface area contributed by atoms with Gasteiger partial charge in [0.1, 0.15) is 0 Å². The molecular formula is C30H25N3O4. The Labute approximate surface area is 214 Å². The van der Waals surface area contributed by atoms with Gasteiger partial charge in [-0.1, -0.05) is 48.6 Å². The number of hydrogen-bond acceptors (Lipinski definition) is 6. The topological polar surface area (TPSA) is 95.6 Å². The number of piperidine rings is 1. The predicted molar refractivity (Wildman–Crippen MR) is 139 cm³/mol. The number of Topliss-reactive ketones (excluding diaryl/α,β-unsaturated/α-hetero) is 2. The molecule has 3 aliphatic heterocycles. The van der Waals surface area contributed by atoms with Crippen LogP contribution in [0.4, 0.5) is 5.69 Å². The van der Waals surface area contributed by atoms with E-state index in [1.54, 1.807) is 31.2 Å². The number of anilines is 1. The largest absolute Gasteiger partial charge is 0.377 e. The van der Waals surface area contributed by atoms with Crippen molar-refractivity contribution in [2.45, 2.75) is 19.0 Å². The van der Waals surface area contributed by atoms with E-state index in [-0.39, 0.29) is 47.3 Å². The number of imide groups is 1. The third-order valence-electron chi connectivity index (χ3n) is 7.41. The Morgan fingerprint density at radius 3 is 2.05 bits per heavy atom. The van der Waals surface area contributed by atoms with Gasteiger partial charge >= 0.3 is 0 Å². The zero-order valence-corrected chi connectivity index (χ0v) is 20.2. The highest BCUT2D eigenvalue weighted by Gasteiger charge is 2.42. The maximum atomic E-state index is 12.8. The summed E-state index contributed by atoms with van der Waals surface area (Å²) in [6.07, 6.45) is 11.7. The van der Waals surface area contributed by atoms with Crippen molar-refractivity contribution in [2.75, 3.05) is 11.9 Å². The van der Waals surface area contributed by atoms with Gasteiger partial charge in [-0.3, -0.25) is 24.1 Å². The number of allylic oxidation sites excluding steroid dienone is 3. The van der Waals surface area contributed by atoms with Crippen LogP contribution in [0.2, 0.25) is 0 Å². The second-order valence-corrected chi connectivity index (χ2v) is 9.50. The van der Waals surface area contributed by atoms with Crippen LogP contribution in [0, 0.1) is 11.8 Å². The van der Waals surface area contributed by atoms with Gasteiger partial charge in [0.2, 0.25) is 0 Å². The lowest BCUT2D eigenvalue weighted by Crippen LogP contribution is -2.49. The van der Waals surface area contributed by atoms with E-state index in [1.807, 2.05) is 60.7 Å². The van der Waals surface area contributed by atoms with Gasteiger partial charge in [-0.25, -0.2) is 0 Å². The molecule has 5 aliphatic rings. The molecule has 2 aromatic rings. The van der Waals surface area contributed by atoms with Gasteiger partial charge in [0, 0.05) is 29.1 Å². The van der Waals surface area contributed by atoms with Crippen LogP contribution in [-0.2, 0) is 4.79 Å². The summed E-state index contributed by atoms with van der Waals surface area (Å²) in [6.45, 7) is 2.23. The maximum absolute atomic E-state index is 12.8. The first-order valence-corrected chi connectivity index (χ1v) is 12.4. The van der Waals surface area contributed by atoms with E-state index in [2.05, 4.69) is 10.6 Å². The van der Waals surface area contributed by atoms with E-state index < -0.39 is 0 Å². The summed E-state index contributed by atoms with van der Waals surface area (Å²) in [6, 6.07) is 14.3. The minimum Gasteiger partial charge on any atom is -0.377 e. The van der Waals surface area contributed by atoms with E-state index in [1.165, 1.54) is 4.90 Å². The Hall–Kier alpha value is -4.52. The molecule has 2 N–H and O–H groups in total. The number of benzene rings is 2. The molecule has 7 heteroatoms. The zero-order chi connectivity index (χ0) is 25.7. The van der Waals surface area contributed by atoms with Crippen molar-refractivity contribution in [2.24, 2.45) is 11.8 Å². The first-order valence-electron chi connectivity index (χ1n) is 12.4. The highest BCUT2D eigenvalue weighted by molar-refractivity contribution is 6.21. The summed E-state index contributed by atoms with van der Waals surface area (Å²) < 4.78 is 0. The van der Waals surface area contributed by atoms with Crippen molar-refractivity contribution < 1.29 is 19.2 Å². The van der Waals surface area contributed by atoms with E-state index in [9.17, 15) is 19.2 Å². The van der Waals surface area contributed by atoms with E-state index in [4.69, 9.17) is 0 Å². The number of hydrogen-bond donors (Lipinski definition) is 2. The minimum atomic E-state index is -0.279. The lowest BCUT2D eigenvalue weighted by molar-refractivity contribution is -0.118. The number of fused-ring (bicyclic) bond motifs is 5. The van der Waals surface area contributed by atoms with Crippen molar-refractivity contribution in [3.8, 4) is 0 Å². The number of ketones is 2. The fourth-order valence-electron chi connectivity index (χ4n) is 5.52. The first kappa shape index (κ1) is 22.9. The monoisotopic (exact) mass is 491 g/mol. The van der Waals surface area contributed by atoms with Crippen LogP contribution < -0.4 is 10.6 Å². The molecule has 1 fully saturated rings. The molecule has 0 radical (unpaired) electrons. The lowest BCUT2D eigenvalue weighted by Gasteiger charge is -2.39. The molecule has 37 heavy (non-hydrogen) atoms. The normalized spacial score (nSPS) is 26.2. The van der Waals surface area contributed by atoms with E-state index in [0.29, 0.717) is 28.8 Å². The van der Waals surface area contributed by atoms with Crippen molar-refractivity contribution in [1.82, 2.24) is 10.2 Å². The Morgan fingerprint density at radius 1 is 0.703 bits per heavy atom. The third kappa shape index (κ3) is 3.66. The SMILES string of the molecule is CCN1C(=O)c2ccccc2C1=O.O=C1C2=CC3Nc4ccccc4C(=O)C3C=C2NC2C=CC=CC12. The molecule has 7 nitrogen and oxygen atoms in total. The maximum Gasteiger partial charge on any atom is 0.261 e. The molecule has 0 saturated carbocycles. The number of nitrogens with one attached hydrogen (secondary N) is 2. The van der Waals surface area contributed by atoms with Crippen LogP contribution in [-0.4, -0.2) is 46.9 Å². The second-order valence-electron chi connectivity index (χ2n) is 9.50. The second kappa shape index (κ2) is 8.85. The van der Waals surface area contributed by atoms with Gasteiger partial charge in [0.25, 0.3) is 11.8 Å². The average Bonchev–Trinajstić information content (AvgIpc) is 3.18. The van der Waals surface area contributed by atoms with Crippen molar-refractivity contribution in [1.29, 1.82) is 0 Å². The molecule has 2 amide bonds. The number of para-hydroxylation sites is 1. The standard InChI is InChI=1S/C20H16N2O2.C10H9NO2/c23-19-11-5-1-3-7-15(11)21-17-10-14-18(9-13(17)19)22-16-8-4-2-6-12(16)20(14)24;1-2-11-9(12)7-5-3-4-6-8(7)10(11)13/h1-11,14-15,18,21-22H;3-6H,2H2,1H3. The van der Waals surface area contributed by atoms with Crippen LogP contribution in [0.25, 0.3) is 0 Å². The number of rotatable bonds is 1. The van der Waals surface area contributed by atoms with Crippen LogP contribution in [0.1, 0.15) is 38.0 Å². The molecule has 2 aliphatic carbocycles. The summed E-state index contributed by atoms with van der Waals surface area (Å²) >= 11 is 0. The molecule has 4 unspecified atom stereocenters. The smallest absolute Gasteiger partial charge is 0.261 e. The highest BCUT2D eigenvalue weighted by atomic mass is 16.2. The molecule has 184 valence electrons. The van der Waals surface area contributed by atoms with Gasteiger partial charge < -0.3 is 10.6 Å². The van der Waals surface area contributed by atoms with Gasteiger partial charge in [-0.15, -0.1) is 0 Å². The van der Waals surface area contributed by atoms with Crippen molar-refractivity contribution >= 4 is 29.1 Å². The molecule has 0 bridgehead atoms. The van der Waals surface area contributed by atoms with E-state index >= 15 is 0 Å². The Bertz CT molecular complexity index is 1450. The van der Waals surface area contributed by atoms with Gasteiger partial charge in [-0.05, 0) is 43.3 Å². The minimum absolute atomic E-state index is 0.0265. The van der Waals surface area contributed by atoms with E-state index in [0.717, 1.165) is 11.4 Å². The Morgan fingerprint density at radius 2 is 1.35 bits per heavy atom. The van der Waals surface area contributed by atoms with Crippen LogP contribution >= 0.6 is 0 Å². The summed E-state index contributed by atoms with van der Waals surface area (Å²) in [5.41, 5.74) is 4.08. The first-order chi connectivity index (χ1) is 18.0. The molecule has 3 heterocycles. The summed E-state index contributed by atoms with van der Waals surface area (Å²) in [5, 5.41) is 6.82. The molecule has 0 aromatic heterocycles. The van der Waals surface area contributed by atoms with Gasteiger partial charge in [-0.2, -0.15) is 0 Å². The fourth-order valence-corrected chi connectivity index (χ4v) is 5.52. The Balaban J connectivity index is 0.000000164. The molecule has 4 atom stereocenters. The van der Waals surface area contributed by atoms with Crippen LogP contribution in [0.3, 0.4) is 0 Å². The van der Waals surface area contributed by atoms with Crippen molar-refractivity contribution in [3.05, 3.63) is 113 Å². The van der Waals surface area contributed by atoms with Crippen molar-refractivity contribution in [3.63, 3.8) is 0 Å². The molecule has 0 spiro atoms. The molecular weight excluding hydrogens is 466 g/mol. The van der Waals surface area contributed by atoms with Crippen LogP contribution in [0.5, 0.6) is 0 Å². The highest BCUT2D eigenvalue weighted by Crippen LogP contribution is 2.37. The number of amides is 2. The summed E-state index contributed by atoms with van der Waals surface area (Å²) in [7, 11) is 0. The number of carbonyl (C=O) groups excluding carboxylic acids is 4. The fraction of sp³-hybridized carbons (Fsp3) is 0.200. The average molecular weight is 492 g/mol. The summed E-state index contributed by atoms with van der Waals surface area (Å²) in [5.74, 6) is -0.573. The molecule has 1 saturated heterocycles. The predicted octanol–water partition coefficient (Wildman–Crippen LogP) is 3.69. The van der Waals surface area contributed by atoms with Gasteiger partial charge in [0.15, 0.2) is 11.6 Å². The van der Waals surface area contributed by atoms with Gasteiger partial charge in [0.05, 0.1) is 35.0 Å². The Kier molecular flexibility index (Phi) is 5.48. The quantitative estimate of drug-likeness (QED) is 0.591. The zero-order valence-electron chi connectivity index (χ0n) is 20.2. The molecule has 2 aromatic carbocycles. The van der Waals surface area contributed by atoms with Crippen LogP contribution in [0.15, 0.2) is 96.3 Å². The summed E-state index contributed by atoms with van der Waals surface area (Å²) in [4.78, 5) is 50.0. The molecule has 7 rings (SSSR count). The number of carbonyl (C=O) groups is 4. The third-order valence-corrected chi connectivity index (χ3v) is 7.41. The lowest BCUT2D eigenvalue weighted by atomic mass is 9.75. The number of nitrogens with zero attached hydrogens (tertiary/aromatic N) is 1.